The number of ether oxygens (including phenoxy) is 2. The summed E-state index contributed by atoms with van der Waals surface area (Å²) in [6.07, 6.45) is 4.69. The largest absolute Gasteiger partial charge is 0.468 e. The third-order valence-corrected chi connectivity index (χ3v) is 6.25. The summed E-state index contributed by atoms with van der Waals surface area (Å²) < 4.78 is 9.90. The highest BCUT2D eigenvalue weighted by Gasteiger charge is 2.59. The summed E-state index contributed by atoms with van der Waals surface area (Å²) in [5.74, 6) is -0.657. The predicted molar refractivity (Wildman–Crippen MR) is 95.7 cm³/mol. The van der Waals surface area contributed by atoms with Gasteiger partial charge in [0.1, 0.15) is 0 Å². The second-order valence-electron chi connectivity index (χ2n) is 7.71. The molecule has 0 N–H and O–H groups in total. The lowest BCUT2D eigenvalue weighted by Gasteiger charge is -2.31. The van der Waals surface area contributed by atoms with Crippen molar-refractivity contribution >= 4 is 23.7 Å². The number of rotatable bonds is 4. The van der Waals surface area contributed by atoms with Crippen LogP contribution < -0.4 is 0 Å². The first-order valence-electron chi connectivity index (χ1n) is 9.07. The maximum atomic E-state index is 12.5. The molecule has 3 aliphatic carbocycles. The molecule has 2 atom stereocenters. The van der Waals surface area contributed by atoms with E-state index in [-0.39, 0.29) is 28.9 Å². The van der Waals surface area contributed by atoms with Crippen LogP contribution in [0.5, 0.6) is 0 Å². The van der Waals surface area contributed by atoms with E-state index in [0.717, 1.165) is 29.5 Å². The van der Waals surface area contributed by atoms with E-state index in [9.17, 15) is 19.7 Å². The maximum Gasteiger partial charge on any atom is 0.323 e. The first kappa shape index (κ1) is 17.7. The fraction of sp³-hybridized carbons (Fsp3) is 0.500. The number of nitro benzene ring substituents is 1. The Morgan fingerprint density at radius 3 is 2.41 bits per heavy atom. The molecule has 7 heteroatoms. The van der Waals surface area contributed by atoms with Crippen LogP contribution in [0.3, 0.4) is 0 Å². The summed E-state index contributed by atoms with van der Waals surface area (Å²) in [7, 11) is 2.56. The lowest BCUT2D eigenvalue weighted by Crippen LogP contribution is -2.39. The Labute approximate surface area is 156 Å². The van der Waals surface area contributed by atoms with Gasteiger partial charge in [0, 0.05) is 12.1 Å². The summed E-state index contributed by atoms with van der Waals surface area (Å²) >= 11 is 0. The molecule has 27 heavy (non-hydrogen) atoms. The number of benzene rings is 1. The van der Waals surface area contributed by atoms with Crippen molar-refractivity contribution in [2.45, 2.75) is 31.6 Å². The quantitative estimate of drug-likeness (QED) is 0.349. The second kappa shape index (κ2) is 6.18. The number of esters is 2. The van der Waals surface area contributed by atoms with Crippen molar-refractivity contribution < 1.29 is 24.0 Å². The van der Waals surface area contributed by atoms with Crippen molar-refractivity contribution in [3.05, 3.63) is 45.0 Å². The minimum absolute atomic E-state index is 0.00907. The van der Waals surface area contributed by atoms with Gasteiger partial charge in [0.25, 0.3) is 5.69 Å². The number of non-ortho nitro benzene ring substituents is 1. The number of nitrogens with zero attached hydrogens (tertiary/aromatic N) is 1. The lowest BCUT2D eigenvalue weighted by atomic mass is 9.73. The third-order valence-electron chi connectivity index (χ3n) is 6.25. The first-order chi connectivity index (χ1) is 12.9. The van der Waals surface area contributed by atoms with Crippen molar-refractivity contribution in [1.29, 1.82) is 0 Å². The Morgan fingerprint density at radius 1 is 1.19 bits per heavy atom. The van der Waals surface area contributed by atoms with Crippen LogP contribution in [0.15, 0.2) is 23.8 Å². The number of methoxy groups -OCH3 is 2. The van der Waals surface area contributed by atoms with E-state index >= 15 is 0 Å². The number of hydrogen-bond acceptors (Lipinski definition) is 6. The molecule has 2 saturated carbocycles. The van der Waals surface area contributed by atoms with E-state index in [2.05, 4.69) is 0 Å². The number of carbonyl (C=O) groups is 2. The van der Waals surface area contributed by atoms with Crippen LogP contribution in [-0.4, -0.2) is 31.1 Å². The molecule has 1 aromatic carbocycles. The van der Waals surface area contributed by atoms with E-state index < -0.39 is 17.4 Å². The summed E-state index contributed by atoms with van der Waals surface area (Å²) in [6.45, 7) is 0. The molecule has 0 saturated heterocycles. The molecule has 0 amide bonds. The number of carbonyl (C=O) groups excluding carboxylic acids is 2. The van der Waals surface area contributed by atoms with E-state index in [0.29, 0.717) is 12.3 Å². The number of fused-ring (bicyclic) bond motifs is 2. The van der Waals surface area contributed by atoms with E-state index in [1.807, 2.05) is 6.08 Å². The Bertz CT molecular complexity index is 853. The molecule has 0 radical (unpaired) electrons. The molecule has 4 rings (SSSR count). The first-order valence-corrected chi connectivity index (χ1v) is 9.07. The summed E-state index contributed by atoms with van der Waals surface area (Å²) in [6, 6.07) is 4.92. The van der Waals surface area contributed by atoms with Crippen molar-refractivity contribution in [2.75, 3.05) is 14.2 Å². The van der Waals surface area contributed by atoms with Crippen molar-refractivity contribution in [2.24, 2.45) is 17.3 Å². The van der Waals surface area contributed by atoms with Gasteiger partial charge in [-0.1, -0.05) is 11.6 Å². The van der Waals surface area contributed by atoms with Gasteiger partial charge in [0.15, 0.2) is 5.41 Å². The molecule has 1 aromatic rings. The summed E-state index contributed by atoms with van der Waals surface area (Å²) in [4.78, 5) is 35.9. The Balaban J connectivity index is 1.80. The van der Waals surface area contributed by atoms with Crippen LogP contribution in [0.4, 0.5) is 5.69 Å². The maximum absolute atomic E-state index is 12.5. The molecule has 7 nitrogen and oxygen atoms in total. The highest BCUT2D eigenvalue weighted by molar-refractivity contribution is 6.01. The van der Waals surface area contributed by atoms with Gasteiger partial charge in [-0.2, -0.15) is 0 Å². The van der Waals surface area contributed by atoms with E-state index in [1.54, 1.807) is 12.1 Å². The van der Waals surface area contributed by atoms with Gasteiger partial charge < -0.3 is 9.47 Å². The molecule has 2 fully saturated rings. The number of allylic oxidation sites excluding steroid dienone is 1. The average Bonchev–Trinajstić information content (AvgIpc) is 3.43. The molecule has 142 valence electrons. The molecule has 0 aliphatic heterocycles. The monoisotopic (exact) mass is 371 g/mol. The molecular formula is C20H21NO6. The zero-order valence-corrected chi connectivity index (χ0v) is 15.3. The average molecular weight is 371 g/mol. The number of nitro groups is 1. The normalized spacial score (nSPS) is 25.0. The zero-order chi connectivity index (χ0) is 19.3. The van der Waals surface area contributed by atoms with Gasteiger partial charge in [-0.15, -0.1) is 0 Å². The predicted octanol–water partition coefficient (Wildman–Crippen LogP) is 3.23. The van der Waals surface area contributed by atoms with Crippen molar-refractivity contribution in [1.82, 2.24) is 0 Å². The van der Waals surface area contributed by atoms with Crippen molar-refractivity contribution in [3.8, 4) is 0 Å². The Kier molecular flexibility index (Phi) is 4.05. The van der Waals surface area contributed by atoms with E-state index in [1.165, 1.54) is 20.3 Å². The topological polar surface area (TPSA) is 95.7 Å². The second-order valence-corrected chi connectivity index (χ2v) is 7.71. The van der Waals surface area contributed by atoms with Gasteiger partial charge in [0.05, 0.1) is 19.1 Å². The Morgan fingerprint density at radius 2 is 1.85 bits per heavy atom. The molecule has 3 aliphatic rings. The highest BCUT2D eigenvalue weighted by Crippen LogP contribution is 2.60. The highest BCUT2D eigenvalue weighted by atomic mass is 16.6. The lowest BCUT2D eigenvalue weighted by molar-refractivity contribution is -0.384. The standard InChI is InChI=1S/C20H21NO6/c1-26-18(22)20(19(23)27-2)9-13-7-12-5-6-14(21(24)25)8-15(12)17(11-3-4-11)16(13)10-20/h5-8,11,16-17H,3-4,9-10H2,1-2H3/t16-,17-/m1/s1. The van der Waals surface area contributed by atoms with Gasteiger partial charge in [-0.25, -0.2) is 0 Å². The van der Waals surface area contributed by atoms with Crippen LogP contribution in [-0.2, 0) is 19.1 Å². The fourth-order valence-corrected chi connectivity index (χ4v) is 4.91. The molecule has 0 aromatic heterocycles. The summed E-state index contributed by atoms with van der Waals surface area (Å²) in [5, 5.41) is 11.2. The van der Waals surface area contributed by atoms with Crippen LogP contribution >= 0.6 is 0 Å². The van der Waals surface area contributed by atoms with Gasteiger partial charge in [0.2, 0.25) is 0 Å². The van der Waals surface area contributed by atoms with Gasteiger partial charge in [-0.05, 0) is 60.6 Å². The Hall–Kier alpha value is -2.70. The minimum Gasteiger partial charge on any atom is -0.468 e. The third kappa shape index (κ3) is 2.64. The fourth-order valence-electron chi connectivity index (χ4n) is 4.91. The number of hydrogen-bond donors (Lipinski definition) is 0. The van der Waals surface area contributed by atoms with E-state index in [4.69, 9.17) is 9.47 Å². The minimum atomic E-state index is -1.33. The smallest absolute Gasteiger partial charge is 0.323 e. The van der Waals surface area contributed by atoms with Gasteiger partial charge >= 0.3 is 11.9 Å². The molecule has 0 spiro atoms. The molecular weight excluding hydrogens is 350 g/mol. The zero-order valence-electron chi connectivity index (χ0n) is 15.3. The van der Waals surface area contributed by atoms with Crippen LogP contribution in [0.1, 0.15) is 42.7 Å². The molecule has 0 heterocycles. The summed E-state index contributed by atoms with van der Waals surface area (Å²) in [5.41, 5.74) is 1.66. The van der Waals surface area contributed by atoms with Crippen LogP contribution in [0, 0.1) is 27.4 Å². The van der Waals surface area contributed by atoms with Gasteiger partial charge in [-0.3, -0.25) is 19.7 Å². The molecule has 0 bridgehead atoms. The van der Waals surface area contributed by atoms with Crippen molar-refractivity contribution in [3.63, 3.8) is 0 Å². The molecule has 0 unspecified atom stereocenters. The van der Waals surface area contributed by atoms with Crippen LogP contribution in [0.25, 0.3) is 6.08 Å². The van der Waals surface area contributed by atoms with Crippen LogP contribution in [0.2, 0.25) is 0 Å². The SMILES string of the molecule is COC(=O)C1(C(=O)OC)CC2=Cc3ccc([N+](=O)[O-])cc3[C@@H](C3CC3)[C@@H]2C1.